The van der Waals surface area contributed by atoms with Crippen molar-refractivity contribution < 1.29 is 9.53 Å². The fourth-order valence-corrected chi connectivity index (χ4v) is 2.04. The highest BCUT2D eigenvalue weighted by molar-refractivity contribution is 9.14. The van der Waals surface area contributed by atoms with E-state index in [1.807, 2.05) is 13.0 Å². The molecular weight excluding hydrogens is 254 g/mol. The third kappa shape index (κ3) is 4.34. The standard InChI is InChI=1S/C8H10BrNO2S/c1-3-12-8(11)6(5-10)7(9)13-4-2/h3-4H2,1-2H3. The predicted octanol–water partition coefficient (Wildman–Crippen LogP) is 2.43. The van der Waals surface area contributed by atoms with Crippen molar-refractivity contribution in [2.24, 2.45) is 0 Å². The van der Waals surface area contributed by atoms with E-state index in [0.717, 1.165) is 5.75 Å². The summed E-state index contributed by atoms with van der Waals surface area (Å²) < 4.78 is 5.24. The second kappa shape index (κ2) is 6.98. The quantitative estimate of drug-likeness (QED) is 0.444. The first-order valence-corrected chi connectivity index (χ1v) is 5.55. The van der Waals surface area contributed by atoms with Crippen LogP contribution in [0.5, 0.6) is 0 Å². The molecule has 5 heteroatoms. The van der Waals surface area contributed by atoms with E-state index in [0.29, 0.717) is 3.81 Å². The Balaban J connectivity index is 4.59. The summed E-state index contributed by atoms with van der Waals surface area (Å²) in [7, 11) is 0. The molecule has 0 heterocycles. The maximum atomic E-state index is 11.1. The molecule has 0 rings (SSSR count). The molecule has 0 unspecified atom stereocenters. The SMILES string of the molecule is CCOC(=O)C(C#N)=C(Br)SCC. The Labute approximate surface area is 90.3 Å². The van der Waals surface area contributed by atoms with Gasteiger partial charge in [-0.2, -0.15) is 5.26 Å². The average molecular weight is 264 g/mol. The van der Waals surface area contributed by atoms with Crippen molar-refractivity contribution in [1.82, 2.24) is 0 Å². The minimum atomic E-state index is -0.571. The van der Waals surface area contributed by atoms with Crippen molar-refractivity contribution in [1.29, 1.82) is 5.26 Å². The maximum Gasteiger partial charge on any atom is 0.350 e. The zero-order valence-electron chi connectivity index (χ0n) is 7.46. The summed E-state index contributed by atoms with van der Waals surface area (Å²) in [4.78, 5) is 11.1. The lowest BCUT2D eigenvalue weighted by Crippen LogP contribution is -2.06. The van der Waals surface area contributed by atoms with Crippen LogP contribution in [0.2, 0.25) is 0 Å². The third-order valence-corrected chi connectivity index (χ3v) is 2.89. The van der Waals surface area contributed by atoms with E-state index in [9.17, 15) is 4.79 Å². The van der Waals surface area contributed by atoms with E-state index < -0.39 is 5.97 Å². The van der Waals surface area contributed by atoms with Gasteiger partial charge in [-0.05, 0) is 28.6 Å². The molecule has 0 aromatic carbocycles. The molecular formula is C8H10BrNO2S. The Morgan fingerprint density at radius 2 is 2.23 bits per heavy atom. The van der Waals surface area contributed by atoms with Crippen molar-refractivity contribution in [3.05, 3.63) is 9.39 Å². The lowest BCUT2D eigenvalue weighted by molar-refractivity contribution is -0.138. The van der Waals surface area contributed by atoms with Gasteiger partial charge < -0.3 is 4.74 Å². The fraction of sp³-hybridized carbons (Fsp3) is 0.500. The monoisotopic (exact) mass is 263 g/mol. The van der Waals surface area contributed by atoms with E-state index in [2.05, 4.69) is 15.9 Å². The molecule has 3 nitrogen and oxygen atoms in total. The van der Waals surface area contributed by atoms with Crippen LogP contribution < -0.4 is 0 Å². The molecule has 0 aromatic heterocycles. The summed E-state index contributed by atoms with van der Waals surface area (Å²) in [5.74, 6) is 0.225. The van der Waals surface area contributed by atoms with Gasteiger partial charge in [-0.25, -0.2) is 4.79 Å². The molecule has 0 atom stereocenters. The van der Waals surface area contributed by atoms with E-state index in [1.54, 1.807) is 6.92 Å². The smallest absolute Gasteiger partial charge is 0.350 e. The lowest BCUT2D eigenvalue weighted by Gasteiger charge is -2.01. The summed E-state index contributed by atoms with van der Waals surface area (Å²) >= 11 is 4.55. The molecule has 13 heavy (non-hydrogen) atoms. The van der Waals surface area contributed by atoms with Crippen LogP contribution in [0.4, 0.5) is 0 Å². The van der Waals surface area contributed by atoms with E-state index in [-0.39, 0.29) is 12.2 Å². The molecule has 0 saturated heterocycles. The van der Waals surface area contributed by atoms with E-state index in [1.165, 1.54) is 11.8 Å². The van der Waals surface area contributed by atoms with Gasteiger partial charge in [-0.3, -0.25) is 0 Å². The van der Waals surface area contributed by atoms with Gasteiger partial charge in [0.05, 0.1) is 10.4 Å². The molecule has 0 spiro atoms. The van der Waals surface area contributed by atoms with Gasteiger partial charge in [0.1, 0.15) is 6.07 Å². The lowest BCUT2D eigenvalue weighted by atomic mass is 10.3. The summed E-state index contributed by atoms with van der Waals surface area (Å²) in [5.41, 5.74) is 0.0358. The van der Waals surface area contributed by atoms with Crippen LogP contribution in [0, 0.1) is 11.3 Å². The largest absolute Gasteiger partial charge is 0.462 e. The van der Waals surface area contributed by atoms with Gasteiger partial charge in [-0.15, -0.1) is 11.8 Å². The fourth-order valence-electron chi connectivity index (χ4n) is 0.572. The highest BCUT2D eigenvalue weighted by atomic mass is 79.9. The van der Waals surface area contributed by atoms with E-state index in [4.69, 9.17) is 10.00 Å². The van der Waals surface area contributed by atoms with Gasteiger partial charge in [0, 0.05) is 0 Å². The Kier molecular flexibility index (Phi) is 6.73. The molecule has 0 N–H and O–H groups in total. The van der Waals surface area contributed by atoms with Crippen molar-refractivity contribution in [3.63, 3.8) is 0 Å². The van der Waals surface area contributed by atoms with Crippen LogP contribution in [0.15, 0.2) is 9.39 Å². The Bertz CT molecular complexity index is 257. The van der Waals surface area contributed by atoms with Crippen LogP contribution in [-0.4, -0.2) is 18.3 Å². The van der Waals surface area contributed by atoms with Gasteiger partial charge in [0.15, 0.2) is 5.57 Å². The molecule has 0 bridgehead atoms. The summed E-state index contributed by atoms with van der Waals surface area (Å²) in [6.45, 7) is 3.92. The molecule has 0 radical (unpaired) electrons. The zero-order valence-corrected chi connectivity index (χ0v) is 9.87. The number of hydrogen-bond acceptors (Lipinski definition) is 4. The first-order chi connectivity index (χ1) is 6.17. The Morgan fingerprint density at radius 3 is 2.62 bits per heavy atom. The number of thioether (sulfide) groups is 1. The molecule has 0 aliphatic carbocycles. The molecule has 0 aliphatic heterocycles. The average Bonchev–Trinajstić information content (AvgIpc) is 2.06. The topological polar surface area (TPSA) is 50.1 Å². The van der Waals surface area contributed by atoms with Crippen LogP contribution in [0.3, 0.4) is 0 Å². The number of carbonyl (C=O) groups excluding carboxylic acids is 1. The van der Waals surface area contributed by atoms with Crippen molar-refractivity contribution >= 4 is 33.7 Å². The summed E-state index contributed by atoms with van der Waals surface area (Å²) in [6.07, 6.45) is 0. The minimum absolute atomic E-state index is 0.0358. The molecule has 0 saturated carbocycles. The number of carbonyl (C=O) groups is 1. The second-order valence-electron chi connectivity index (χ2n) is 1.91. The van der Waals surface area contributed by atoms with Crippen LogP contribution >= 0.6 is 27.7 Å². The molecule has 0 aliphatic rings. The zero-order chi connectivity index (χ0) is 10.3. The Morgan fingerprint density at radius 1 is 1.62 bits per heavy atom. The highest BCUT2D eigenvalue weighted by Crippen LogP contribution is 2.26. The van der Waals surface area contributed by atoms with E-state index >= 15 is 0 Å². The number of esters is 1. The van der Waals surface area contributed by atoms with Gasteiger partial charge in [-0.1, -0.05) is 6.92 Å². The third-order valence-electron chi connectivity index (χ3n) is 1.06. The number of hydrogen-bond donors (Lipinski definition) is 0. The Hall–Kier alpha value is -0.470. The van der Waals surface area contributed by atoms with Crippen LogP contribution in [0.25, 0.3) is 0 Å². The van der Waals surface area contributed by atoms with Crippen molar-refractivity contribution in [2.75, 3.05) is 12.4 Å². The van der Waals surface area contributed by atoms with Crippen LogP contribution in [-0.2, 0) is 9.53 Å². The minimum Gasteiger partial charge on any atom is -0.462 e. The number of nitrogens with zero attached hydrogens (tertiary/aromatic N) is 1. The predicted molar refractivity (Wildman–Crippen MR) is 56.3 cm³/mol. The van der Waals surface area contributed by atoms with Crippen molar-refractivity contribution in [2.45, 2.75) is 13.8 Å². The second-order valence-corrected chi connectivity index (χ2v) is 4.51. The summed E-state index contributed by atoms with van der Waals surface area (Å²) in [6, 6.07) is 1.81. The van der Waals surface area contributed by atoms with Crippen molar-refractivity contribution in [3.8, 4) is 6.07 Å². The molecule has 72 valence electrons. The molecule has 0 aromatic rings. The maximum absolute atomic E-state index is 11.1. The first kappa shape index (κ1) is 12.5. The van der Waals surface area contributed by atoms with Gasteiger partial charge in [0.2, 0.25) is 0 Å². The van der Waals surface area contributed by atoms with Crippen LogP contribution in [0.1, 0.15) is 13.8 Å². The first-order valence-electron chi connectivity index (χ1n) is 3.77. The number of ether oxygens (including phenoxy) is 1. The normalized spacial score (nSPS) is 11.5. The molecule has 0 amide bonds. The number of nitriles is 1. The number of halogens is 1. The number of rotatable bonds is 4. The summed E-state index contributed by atoms with van der Waals surface area (Å²) in [5, 5.41) is 8.67. The van der Waals surface area contributed by atoms with Gasteiger partial charge >= 0.3 is 5.97 Å². The highest BCUT2D eigenvalue weighted by Gasteiger charge is 2.14. The van der Waals surface area contributed by atoms with Gasteiger partial charge in [0.25, 0.3) is 0 Å². The molecule has 0 fully saturated rings.